The standard InChI is InChI=1S/C12H22P2/c1-3-5-7-9-11-13-14-12-10-8-6-4-2/h9-12H,3-8H2,1-2H3. The maximum absolute atomic E-state index is 2.30. The summed E-state index contributed by atoms with van der Waals surface area (Å²) < 4.78 is 0. The molecular weight excluding hydrogens is 206 g/mol. The van der Waals surface area contributed by atoms with Crippen molar-refractivity contribution in [2.75, 3.05) is 0 Å². The summed E-state index contributed by atoms with van der Waals surface area (Å²) in [4.78, 5) is 0. The number of rotatable bonds is 9. The van der Waals surface area contributed by atoms with Crippen molar-refractivity contribution < 1.29 is 0 Å². The molecule has 0 N–H and O–H groups in total. The van der Waals surface area contributed by atoms with Crippen molar-refractivity contribution >= 4 is 16.5 Å². The van der Waals surface area contributed by atoms with Gasteiger partial charge in [-0.1, -0.05) is 63.3 Å². The molecular formula is C12H22P2. The molecule has 2 heteroatoms. The molecule has 0 aromatic heterocycles. The van der Waals surface area contributed by atoms with Gasteiger partial charge in [0.2, 0.25) is 0 Å². The van der Waals surface area contributed by atoms with Crippen LogP contribution in [0.1, 0.15) is 52.4 Å². The second-order valence-electron chi connectivity index (χ2n) is 3.28. The first-order valence-electron chi connectivity index (χ1n) is 5.61. The van der Waals surface area contributed by atoms with Crippen molar-refractivity contribution in [3.63, 3.8) is 0 Å². The average Bonchev–Trinajstić information content (AvgIpc) is 2.21. The molecule has 0 unspecified atom stereocenters. The molecule has 0 spiro atoms. The molecule has 0 aliphatic carbocycles. The van der Waals surface area contributed by atoms with Gasteiger partial charge in [-0.05, 0) is 29.4 Å². The molecule has 0 rings (SSSR count). The van der Waals surface area contributed by atoms with Crippen LogP contribution in [-0.2, 0) is 0 Å². The minimum atomic E-state index is 1.25. The zero-order valence-electron chi connectivity index (χ0n) is 9.45. The average molecular weight is 228 g/mol. The number of hydrogen-bond acceptors (Lipinski definition) is 0. The molecule has 0 aromatic rings. The summed E-state index contributed by atoms with van der Waals surface area (Å²) in [6, 6.07) is 0. The summed E-state index contributed by atoms with van der Waals surface area (Å²) in [6.07, 6.45) is 12.4. The molecule has 0 aliphatic heterocycles. The van der Waals surface area contributed by atoms with Crippen LogP contribution in [0.2, 0.25) is 0 Å². The van der Waals surface area contributed by atoms with Crippen molar-refractivity contribution in [2.45, 2.75) is 52.4 Å². The van der Waals surface area contributed by atoms with E-state index in [1.54, 1.807) is 0 Å². The fraction of sp³-hybridized carbons (Fsp3) is 0.667. The molecule has 0 fully saturated rings. The lowest BCUT2D eigenvalue weighted by atomic mass is 10.2. The summed E-state index contributed by atoms with van der Waals surface area (Å²) in [5, 5.41) is 0. The van der Waals surface area contributed by atoms with Gasteiger partial charge in [0.15, 0.2) is 0 Å². The van der Waals surface area contributed by atoms with E-state index in [1.807, 2.05) is 0 Å². The molecule has 0 heterocycles. The summed E-state index contributed by atoms with van der Waals surface area (Å²) in [5.74, 6) is 4.56. The van der Waals surface area contributed by atoms with Gasteiger partial charge in [-0.15, -0.1) is 0 Å². The van der Waals surface area contributed by atoms with Crippen LogP contribution < -0.4 is 0 Å². The van der Waals surface area contributed by atoms with Gasteiger partial charge in [-0.3, -0.25) is 0 Å². The van der Waals surface area contributed by atoms with E-state index in [1.165, 1.54) is 55.1 Å². The van der Waals surface area contributed by atoms with E-state index in [0.717, 1.165) is 0 Å². The molecule has 0 saturated carbocycles. The monoisotopic (exact) mass is 228 g/mol. The minimum Gasteiger partial charge on any atom is -0.0834 e. The quantitative estimate of drug-likeness (QED) is 0.325. The lowest BCUT2D eigenvalue weighted by Gasteiger charge is -1.89. The smallest absolute Gasteiger partial charge is 0.0146 e. The first-order chi connectivity index (χ1) is 6.91. The highest BCUT2D eigenvalue weighted by molar-refractivity contribution is 8.14. The van der Waals surface area contributed by atoms with E-state index in [0.29, 0.717) is 0 Å². The van der Waals surface area contributed by atoms with Crippen LogP contribution in [0.3, 0.4) is 0 Å². The summed E-state index contributed by atoms with van der Waals surface area (Å²) in [5.41, 5.74) is 0. The largest absolute Gasteiger partial charge is 0.0834 e. The molecule has 0 bridgehead atoms. The Morgan fingerprint density at radius 2 is 1.21 bits per heavy atom. The SMILES string of the molecule is CCCCC=C[P][P]C=CCCCC. The topological polar surface area (TPSA) is 0 Å². The molecule has 0 aliphatic rings. The Bertz CT molecular complexity index is 132. The summed E-state index contributed by atoms with van der Waals surface area (Å²) >= 11 is 0. The van der Waals surface area contributed by atoms with Gasteiger partial charge in [-0.2, -0.15) is 0 Å². The van der Waals surface area contributed by atoms with Crippen molar-refractivity contribution in [3.8, 4) is 0 Å². The van der Waals surface area contributed by atoms with Crippen molar-refractivity contribution in [1.29, 1.82) is 0 Å². The highest BCUT2D eigenvalue weighted by atomic mass is 32.0. The molecule has 14 heavy (non-hydrogen) atoms. The Kier molecular flexibility index (Phi) is 13.7. The zero-order chi connectivity index (χ0) is 10.5. The highest BCUT2D eigenvalue weighted by Crippen LogP contribution is 2.39. The van der Waals surface area contributed by atoms with Crippen LogP contribution in [0.4, 0.5) is 0 Å². The predicted molar refractivity (Wildman–Crippen MR) is 71.2 cm³/mol. The second-order valence-corrected chi connectivity index (χ2v) is 5.73. The van der Waals surface area contributed by atoms with Crippen LogP contribution in [0.5, 0.6) is 0 Å². The Morgan fingerprint density at radius 3 is 1.57 bits per heavy atom. The third-order valence-corrected chi connectivity index (χ3v) is 3.88. The van der Waals surface area contributed by atoms with Crippen molar-refractivity contribution in [2.24, 2.45) is 0 Å². The second kappa shape index (κ2) is 13.3. The van der Waals surface area contributed by atoms with Crippen molar-refractivity contribution in [1.82, 2.24) is 0 Å². The Hall–Kier alpha value is 0.340. The Balaban J connectivity index is 3.11. The lowest BCUT2D eigenvalue weighted by Crippen LogP contribution is -1.64. The maximum atomic E-state index is 2.30. The van der Waals surface area contributed by atoms with Gasteiger partial charge in [0, 0.05) is 0 Å². The Morgan fingerprint density at radius 1 is 0.786 bits per heavy atom. The fourth-order valence-corrected chi connectivity index (χ4v) is 2.63. The predicted octanol–water partition coefficient (Wildman–Crippen LogP) is 6.20. The van der Waals surface area contributed by atoms with Crippen LogP contribution in [-0.4, -0.2) is 0 Å². The number of unbranched alkanes of at least 4 members (excludes halogenated alkanes) is 4. The molecule has 2 radical (unpaired) electrons. The zero-order valence-corrected chi connectivity index (χ0v) is 11.2. The van der Waals surface area contributed by atoms with Gasteiger partial charge in [0.25, 0.3) is 0 Å². The number of allylic oxidation sites excluding steroid dienone is 2. The van der Waals surface area contributed by atoms with E-state index in [-0.39, 0.29) is 0 Å². The summed E-state index contributed by atoms with van der Waals surface area (Å²) in [6.45, 7) is 4.47. The minimum absolute atomic E-state index is 1.25. The highest BCUT2D eigenvalue weighted by Gasteiger charge is 1.81. The van der Waals surface area contributed by atoms with Crippen molar-refractivity contribution in [3.05, 3.63) is 23.8 Å². The van der Waals surface area contributed by atoms with Gasteiger partial charge >= 0.3 is 0 Å². The van der Waals surface area contributed by atoms with Crippen LogP contribution >= 0.6 is 16.5 Å². The van der Waals surface area contributed by atoms with Gasteiger partial charge < -0.3 is 0 Å². The molecule has 0 atom stereocenters. The maximum Gasteiger partial charge on any atom is -0.0146 e. The van der Waals surface area contributed by atoms with Crippen LogP contribution in [0.25, 0.3) is 0 Å². The summed E-state index contributed by atoms with van der Waals surface area (Å²) in [7, 11) is 2.83. The van der Waals surface area contributed by atoms with Gasteiger partial charge in [0.05, 0.1) is 0 Å². The third-order valence-electron chi connectivity index (χ3n) is 1.86. The van der Waals surface area contributed by atoms with Gasteiger partial charge in [0.1, 0.15) is 0 Å². The molecule has 0 nitrogen and oxygen atoms in total. The molecule has 80 valence electrons. The normalized spacial score (nSPS) is 13.6. The fourth-order valence-electron chi connectivity index (χ4n) is 0.964. The van der Waals surface area contributed by atoms with E-state index in [2.05, 4.69) is 37.6 Å². The number of hydrogen-bond donors (Lipinski definition) is 0. The van der Waals surface area contributed by atoms with Crippen LogP contribution in [0, 0.1) is 0 Å². The lowest BCUT2D eigenvalue weighted by molar-refractivity contribution is 0.815. The van der Waals surface area contributed by atoms with E-state index in [9.17, 15) is 0 Å². The molecule has 0 saturated heterocycles. The van der Waals surface area contributed by atoms with Gasteiger partial charge in [-0.25, -0.2) is 0 Å². The Labute approximate surface area is 93.1 Å². The third kappa shape index (κ3) is 12.3. The van der Waals surface area contributed by atoms with E-state index >= 15 is 0 Å². The van der Waals surface area contributed by atoms with E-state index < -0.39 is 0 Å². The van der Waals surface area contributed by atoms with Crippen LogP contribution in [0.15, 0.2) is 23.8 Å². The molecule has 0 amide bonds. The van der Waals surface area contributed by atoms with E-state index in [4.69, 9.17) is 0 Å². The first-order valence-corrected chi connectivity index (χ1v) is 8.25. The molecule has 0 aromatic carbocycles. The first kappa shape index (κ1) is 14.3.